The summed E-state index contributed by atoms with van der Waals surface area (Å²) in [5.74, 6) is -0.539. The summed E-state index contributed by atoms with van der Waals surface area (Å²) in [5.41, 5.74) is 4.74. The van der Waals surface area contributed by atoms with Gasteiger partial charge in [0.25, 0.3) is 0 Å². The molecule has 0 bridgehead atoms. The van der Waals surface area contributed by atoms with E-state index >= 15 is 0 Å². The van der Waals surface area contributed by atoms with Crippen molar-refractivity contribution >= 4 is 16.8 Å². The van der Waals surface area contributed by atoms with E-state index in [0.717, 1.165) is 43.9 Å². The Kier molecular flexibility index (Phi) is 4.09. The summed E-state index contributed by atoms with van der Waals surface area (Å²) in [7, 11) is 0. The maximum absolute atomic E-state index is 12.9. The van der Waals surface area contributed by atoms with Crippen molar-refractivity contribution in [2.24, 2.45) is 0 Å². The molecular weight excluding hydrogens is 362 g/mol. The molecule has 0 spiro atoms. The van der Waals surface area contributed by atoms with Crippen LogP contribution < -0.4 is 16.0 Å². The summed E-state index contributed by atoms with van der Waals surface area (Å²) >= 11 is 0. The Morgan fingerprint density at radius 2 is 1.79 bits per heavy atom. The topological polar surface area (TPSA) is 50.4 Å². The third-order valence-corrected chi connectivity index (χ3v) is 5.35. The number of nitrogens with one attached hydrogen (secondary N) is 1. The quantitative estimate of drug-likeness (QED) is 0.582. The van der Waals surface area contributed by atoms with Crippen molar-refractivity contribution in [3.63, 3.8) is 0 Å². The van der Waals surface area contributed by atoms with Gasteiger partial charge in [-0.25, -0.2) is 9.36 Å². The number of rotatable bonds is 4. The van der Waals surface area contributed by atoms with Gasteiger partial charge in [0.1, 0.15) is 0 Å². The molecule has 146 valence electrons. The fourth-order valence-electron chi connectivity index (χ4n) is 4.01. The van der Waals surface area contributed by atoms with Crippen molar-refractivity contribution in [2.45, 2.75) is 6.42 Å². The van der Waals surface area contributed by atoms with E-state index in [1.54, 1.807) is 18.2 Å². The Morgan fingerprint density at radius 3 is 2.62 bits per heavy atom. The Labute approximate surface area is 172 Å². The number of oxazole rings is 1. The van der Waals surface area contributed by atoms with Gasteiger partial charge in [0, 0.05) is 26.2 Å². The normalized spacial score (nSPS) is 15.4. The van der Waals surface area contributed by atoms with Crippen LogP contribution in [0.2, 0.25) is 0 Å². The van der Waals surface area contributed by atoms with Crippen molar-refractivity contribution in [1.29, 1.82) is 0 Å². The van der Waals surface area contributed by atoms with Crippen LogP contribution in [-0.4, -0.2) is 30.7 Å². The van der Waals surface area contributed by atoms with Crippen LogP contribution >= 0.6 is 0 Å². The molecule has 2 heterocycles. The zero-order valence-electron chi connectivity index (χ0n) is 18.0. The molecule has 1 saturated heterocycles. The van der Waals surface area contributed by atoms with Crippen molar-refractivity contribution in [3.05, 3.63) is 94.4 Å². The molecule has 1 aromatic heterocycles. The van der Waals surface area contributed by atoms with Gasteiger partial charge in [0.2, 0.25) is 0 Å². The summed E-state index contributed by atoms with van der Waals surface area (Å²) in [6.07, 6.45) is 0.733. The first kappa shape index (κ1) is 15.6. The lowest BCUT2D eigenvalue weighted by Gasteiger charge is -2.31. The molecule has 0 saturated carbocycles. The first-order chi connectivity index (χ1) is 15.1. The van der Waals surface area contributed by atoms with E-state index in [1.807, 2.05) is 30.3 Å². The molecule has 5 rings (SSSR count). The van der Waals surface area contributed by atoms with E-state index < -0.39 is 5.76 Å². The molecule has 29 heavy (non-hydrogen) atoms. The lowest BCUT2D eigenvalue weighted by Crippen LogP contribution is -2.44. The second-order valence-electron chi connectivity index (χ2n) is 7.20. The molecule has 1 aliphatic rings. The number of para-hydroxylation sites is 1. The van der Waals surface area contributed by atoms with Gasteiger partial charge in [-0.15, -0.1) is 0 Å². The van der Waals surface area contributed by atoms with Crippen molar-refractivity contribution in [3.8, 4) is 5.69 Å². The molecule has 5 heteroatoms. The van der Waals surface area contributed by atoms with E-state index in [2.05, 4.69) is 22.3 Å². The molecule has 0 amide bonds. The molecule has 5 nitrogen and oxygen atoms in total. The van der Waals surface area contributed by atoms with Gasteiger partial charge in [0.15, 0.2) is 5.58 Å². The Hall–Kier alpha value is -3.31. The van der Waals surface area contributed by atoms with Crippen LogP contribution in [0.4, 0.5) is 5.69 Å². The van der Waals surface area contributed by atoms with Crippen LogP contribution in [-0.2, 0) is 6.42 Å². The maximum Gasteiger partial charge on any atom is 0.424 e. The van der Waals surface area contributed by atoms with Gasteiger partial charge in [-0.2, -0.15) is 0 Å². The van der Waals surface area contributed by atoms with E-state index in [-0.39, 0.29) is 12.1 Å². The highest BCUT2D eigenvalue weighted by Crippen LogP contribution is 2.33. The summed E-state index contributed by atoms with van der Waals surface area (Å²) in [4.78, 5) is 15.2. The predicted molar refractivity (Wildman–Crippen MR) is 116 cm³/mol. The molecule has 0 radical (unpaired) electrons. The molecule has 0 atom stereocenters. The monoisotopic (exact) mass is 387 g/mol. The van der Waals surface area contributed by atoms with E-state index in [1.165, 1.54) is 10.1 Å². The third-order valence-electron chi connectivity index (χ3n) is 5.35. The molecule has 4 aromatic rings. The molecule has 0 unspecified atom stereocenters. The minimum atomic E-state index is -0.539. The highest BCUT2D eigenvalue weighted by molar-refractivity contribution is 5.90. The second kappa shape index (κ2) is 7.60. The number of piperazine rings is 1. The SMILES string of the molecule is [2H]c1cccc(-n2c(=O)oc3c(N4CCNCC4)c(Cc4ccccc4)ccc32)c1[2H]. The Morgan fingerprint density at radius 1 is 1.00 bits per heavy atom. The van der Waals surface area contributed by atoms with Gasteiger partial charge >= 0.3 is 5.76 Å². The number of aromatic nitrogens is 1. The van der Waals surface area contributed by atoms with Crippen molar-refractivity contribution in [2.75, 3.05) is 31.1 Å². The first-order valence-electron chi connectivity index (χ1n) is 10.9. The number of benzene rings is 3. The summed E-state index contributed by atoms with van der Waals surface area (Å²) in [6.45, 7) is 3.37. The first-order valence-corrected chi connectivity index (χ1v) is 9.87. The van der Waals surface area contributed by atoms with Gasteiger partial charge in [-0.1, -0.05) is 54.6 Å². The van der Waals surface area contributed by atoms with E-state index in [4.69, 9.17) is 7.16 Å². The zero-order chi connectivity index (χ0) is 21.4. The Balaban J connectivity index is 1.72. The molecule has 0 aliphatic carbocycles. The van der Waals surface area contributed by atoms with Crippen LogP contribution in [0, 0.1) is 0 Å². The number of hydrogen-bond acceptors (Lipinski definition) is 4. The van der Waals surface area contributed by atoms with Gasteiger partial charge in [-0.05, 0) is 35.7 Å². The predicted octanol–water partition coefficient (Wildman–Crippen LogP) is 3.58. The largest absolute Gasteiger partial charge is 0.424 e. The summed E-state index contributed by atoms with van der Waals surface area (Å²) in [6, 6.07) is 19.2. The molecule has 1 fully saturated rings. The maximum atomic E-state index is 12.9. The van der Waals surface area contributed by atoms with Crippen molar-refractivity contribution in [1.82, 2.24) is 9.88 Å². The number of nitrogens with zero attached hydrogens (tertiary/aromatic N) is 2. The molecule has 1 aliphatic heterocycles. The minimum absolute atomic E-state index is 0.00406. The highest BCUT2D eigenvalue weighted by Gasteiger charge is 2.23. The third kappa shape index (κ3) is 3.34. The van der Waals surface area contributed by atoms with Crippen LogP contribution in [0.5, 0.6) is 0 Å². The van der Waals surface area contributed by atoms with Crippen LogP contribution in [0.25, 0.3) is 16.8 Å². The fraction of sp³-hybridized carbons (Fsp3) is 0.208. The van der Waals surface area contributed by atoms with E-state index in [9.17, 15) is 4.79 Å². The Bertz CT molecular complexity index is 1290. The zero-order valence-corrected chi connectivity index (χ0v) is 16.0. The van der Waals surface area contributed by atoms with Crippen LogP contribution in [0.1, 0.15) is 13.9 Å². The lowest BCUT2D eigenvalue weighted by molar-refractivity contribution is 0.535. The van der Waals surface area contributed by atoms with E-state index in [0.29, 0.717) is 16.8 Å². The lowest BCUT2D eigenvalue weighted by atomic mass is 10.0. The average Bonchev–Trinajstić information content (AvgIpc) is 3.12. The average molecular weight is 387 g/mol. The molecule has 3 aromatic carbocycles. The highest BCUT2D eigenvalue weighted by atomic mass is 16.4. The summed E-state index contributed by atoms with van der Waals surface area (Å²) < 4.78 is 23.5. The van der Waals surface area contributed by atoms with Crippen LogP contribution in [0.3, 0.4) is 0 Å². The number of hydrogen-bond donors (Lipinski definition) is 1. The van der Waals surface area contributed by atoms with Crippen LogP contribution in [0.15, 0.2) is 82.0 Å². The van der Waals surface area contributed by atoms with Crippen molar-refractivity contribution < 1.29 is 7.16 Å². The standard InChI is InChI=1S/C24H23N3O2/c28-24-27(20-9-5-2-6-10-20)21-12-11-19(17-18-7-3-1-4-8-18)22(23(21)29-24)26-15-13-25-14-16-26/h1-12,25H,13-17H2/i5D,9D. The summed E-state index contributed by atoms with van der Waals surface area (Å²) in [5, 5.41) is 3.37. The minimum Gasteiger partial charge on any atom is -0.405 e. The fourth-order valence-corrected chi connectivity index (χ4v) is 4.01. The second-order valence-corrected chi connectivity index (χ2v) is 7.20. The molecular formula is C24H23N3O2. The van der Waals surface area contributed by atoms with Gasteiger partial charge < -0.3 is 14.6 Å². The number of fused-ring (bicyclic) bond motifs is 1. The smallest absolute Gasteiger partial charge is 0.405 e. The molecule has 1 N–H and O–H groups in total. The number of anilines is 1. The van der Waals surface area contributed by atoms with Gasteiger partial charge in [0.05, 0.1) is 19.6 Å². The van der Waals surface area contributed by atoms with Gasteiger partial charge in [-0.3, -0.25) is 0 Å².